The third-order valence-electron chi connectivity index (χ3n) is 5.40. The second-order valence-corrected chi connectivity index (χ2v) is 8.10. The summed E-state index contributed by atoms with van der Waals surface area (Å²) in [4.78, 5) is 0. The highest BCUT2D eigenvalue weighted by molar-refractivity contribution is 5.57. The molecule has 0 aliphatic heterocycles. The summed E-state index contributed by atoms with van der Waals surface area (Å²) in [6.07, 6.45) is -23.5. The minimum Gasteiger partial charge on any atom is -0.369 e. The predicted molar refractivity (Wildman–Crippen MR) is 121 cm³/mol. The number of rotatable bonds is 8. The first-order chi connectivity index (χ1) is 18.9. The lowest BCUT2D eigenvalue weighted by atomic mass is 9.91. The molecule has 236 valence electrons. The molecule has 0 aliphatic carbocycles. The molecule has 0 saturated heterocycles. The van der Waals surface area contributed by atoms with Crippen LogP contribution >= 0.6 is 0 Å². The Morgan fingerprint density at radius 3 is 1.21 bits per heavy atom. The van der Waals surface area contributed by atoms with Crippen LogP contribution < -0.4 is 0 Å². The highest BCUT2D eigenvalue weighted by atomic mass is 19.4. The molecule has 0 heterocycles. The fourth-order valence-electron chi connectivity index (χ4n) is 3.21. The maximum absolute atomic E-state index is 13.3. The summed E-state index contributed by atoms with van der Waals surface area (Å²) in [5, 5.41) is 9.02. The van der Waals surface area contributed by atoms with E-state index in [1.54, 1.807) is 0 Å². The Labute approximate surface area is 228 Å². The van der Waals surface area contributed by atoms with Crippen molar-refractivity contribution in [2.24, 2.45) is 0 Å². The van der Waals surface area contributed by atoms with Gasteiger partial charge in [0.15, 0.2) is 0 Å². The largest absolute Gasteiger partial charge is 0.430 e. The number of halogens is 14. The van der Waals surface area contributed by atoms with E-state index >= 15 is 0 Å². The zero-order valence-corrected chi connectivity index (χ0v) is 21.0. The molecule has 0 bridgehead atoms. The predicted octanol–water partition coefficient (Wildman–Crippen LogP) is 8.90. The summed E-state index contributed by atoms with van der Waals surface area (Å²) in [5.41, 5.74) is -12.8. The lowest BCUT2D eigenvalue weighted by Crippen LogP contribution is -2.56. The van der Waals surface area contributed by atoms with Gasteiger partial charge in [-0.3, -0.25) is 0 Å². The van der Waals surface area contributed by atoms with Crippen LogP contribution in [-0.2, 0) is 20.7 Å². The van der Waals surface area contributed by atoms with Gasteiger partial charge < -0.3 is 14.6 Å². The third-order valence-corrected chi connectivity index (χ3v) is 5.40. The lowest BCUT2D eigenvalue weighted by molar-refractivity contribution is -0.401. The summed E-state index contributed by atoms with van der Waals surface area (Å²) < 4.78 is 188. The fourth-order valence-corrected chi connectivity index (χ4v) is 3.21. The SMILES string of the molecule is C=C(F)c1ccc(C(O)(C(F)(F)F)C(F)(F)F)cc1.C=C(F)c1ccc(C(OCOCC)(C(F)(F)F)C(F)(F)F)cc1. The van der Waals surface area contributed by atoms with Crippen molar-refractivity contribution in [2.45, 2.75) is 42.8 Å². The molecule has 42 heavy (non-hydrogen) atoms. The number of alkyl halides is 12. The fraction of sp³-hybridized carbons (Fsp3) is 0.360. The molecule has 0 amide bonds. The maximum Gasteiger partial charge on any atom is 0.430 e. The standard InChI is InChI=1S/C14H13F7O2.C11H7F7O/c1-3-22-8-23-12(13(16,17)18,14(19,20)21)11-6-4-10(5-7-11)9(2)15;1-6(12)7-2-4-8(5-3-7)9(19,10(13,14)15)11(16,17)18/h4-7H,2-3,8H2,1H3;2-5,19H,1H2. The van der Waals surface area contributed by atoms with E-state index in [1.165, 1.54) is 6.92 Å². The van der Waals surface area contributed by atoms with Crippen LogP contribution in [0.4, 0.5) is 61.5 Å². The maximum atomic E-state index is 13.3. The molecular formula is C25H20F14O3. The van der Waals surface area contributed by atoms with Crippen LogP contribution in [0.2, 0.25) is 0 Å². The zero-order chi connectivity index (χ0) is 32.9. The average molecular weight is 634 g/mol. The van der Waals surface area contributed by atoms with Gasteiger partial charge in [0.25, 0.3) is 11.2 Å². The third kappa shape index (κ3) is 7.60. The zero-order valence-electron chi connectivity index (χ0n) is 21.0. The molecule has 0 radical (unpaired) electrons. The Morgan fingerprint density at radius 2 is 0.952 bits per heavy atom. The molecule has 0 fully saturated rings. The summed E-state index contributed by atoms with van der Waals surface area (Å²) in [6.45, 7) is 5.79. The van der Waals surface area contributed by atoms with Crippen molar-refractivity contribution >= 4 is 11.7 Å². The first kappa shape index (κ1) is 36.8. The van der Waals surface area contributed by atoms with Crippen molar-refractivity contribution in [1.29, 1.82) is 0 Å². The molecule has 2 rings (SSSR count). The van der Waals surface area contributed by atoms with E-state index in [4.69, 9.17) is 5.11 Å². The number of ether oxygens (including phenoxy) is 2. The van der Waals surface area contributed by atoms with E-state index in [0.717, 1.165) is 12.1 Å². The highest BCUT2D eigenvalue weighted by Crippen LogP contribution is 2.53. The monoisotopic (exact) mass is 634 g/mol. The van der Waals surface area contributed by atoms with Crippen LogP contribution in [-0.4, -0.2) is 43.2 Å². The van der Waals surface area contributed by atoms with E-state index in [2.05, 4.69) is 22.6 Å². The first-order valence-electron chi connectivity index (χ1n) is 11.0. The van der Waals surface area contributed by atoms with Gasteiger partial charge in [-0.15, -0.1) is 0 Å². The van der Waals surface area contributed by atoms with E-state index in [-0.39, 0.29) is 17.7 Å². The van der Waals surface area contributed by atoms with E-state index in [9.17, 15) is 61.5 Å². The quantitative estimate of drug-likeness (QED) is 0.179. The van der Waals surface area contributed by atoms with Gasteiger partial charge in [0.2, 0.25) is 0 Å². The Morgan fingerprint density at radius 1 is 0.619 bits per heavy atom. The average Bonchev–Trinajstić information content (AvgIpc) is 2.83. The Balaban J connectivity index is 0.000000428. The second kappa shape index (κ2) is 13.0. The number of aliphatic hydroxyl groups is 1. The smallest absolute Gasteiger partial charge is 0.369 e. The molecule has 0 atom stereocenters. The second-order valence-electron chi connectivity index (χ2n) is 8.10. The molecule has 2 aromatic rings. The molecule has 3 nitrogen and oxygen atoms in total. The van der Waals surface area contributed by atoms with Crippen LogP contribution in [0.15, 0.2) is 61.7 Å². The van der Waals surface area contributed by atoms with Crippen molar-refractivity contribution in [2.75, 3.05) is 13.4 Å². The van der Waals surface area contributed by atoms with E-state index in [1.807, 2.05) is 0 Å². The van der Waals surface area contributed by atoms with Gasteiger partial charge in [-0.05, 0) is 6.92 Å². The topological polar surface area (TPSA) is 38.7 Å². The molecule has 17 heteroatoms. The Hall–Kier alpha value is -3.18. The van der Waals surface area contributed by atoms with Gasteiger partial charge in [0.05, 0.1) is 0 Å². The lowest BCUT2D eigenvalue weighted by Gasteiger charge is -2.37. The molecule has 1 N–H and O–H groups in total. The first-order valence-corrected chi connectivity index (χ1v) is 11.0. The van der Waals surface area contributed by atoms with Gasteiger partial charge in [-0.25, -0.2) is 8.78 Å². The molecule has 0 saturated carbocycles. The molecule has 0 aliphatic rings. The van der Waals surface area contributed by atoms with Crippen molar-refractivity contribution in [3.05, 3.63) is 83.9 Å². The molecular weight excluding hydrogens is 614 g/mol. The van der Waals surface area contributed by atoms with Crippen molar-refractivity contribution in [1.82, 2.24) is 0 Å². The highest BCUT2D eigenvalue weighted by Gasteiger charge is 2.74. The molecule has 2 aromatic carbocycles. The van der Waals surface area contributed by atoms with Crippen LogP contribution in [0.1, 0.15) is 29.2 Å². The van der Waals surface area contributed by atoms with E-state index in [0.29, 0.717) is 36.4 Å². The minimum absolute atomic E-state index is 0.133. The van der Waals surface area contributed by atoms with E-state index < -0.39 is 65.5 Å². The molecule has 0 aromatic heterocycles. The summed E-state index contributed by atoms with van der Waals surface area (Å²) >= 11 is 0. The molecule has 0 unspecified atom stereocenters. The van der Waals surface area contributed by atoms with Crippen LogP contribution in [0.25, 0.3) is 11.7 Å². The van der Waals surface area contributed by atoms with Gasteiger partial charge in [0.1, 0.15) is 18.4 Å². The van der Waals surface area contributed by atoms with Gasteiger partial charge >= 0.3 is 24.7 Å². The summed E-state index contributed by atoms with van der Waals surface area (Å²) in [6, 6.07) is 4.53. The van der Waals surface area contributed by atoms with Crippen LogP contribution in [0.3, 0.4) is 0 Å². The Kier molecular flexibility index (Phi) is 11.4. The van der Waals surface area contributed by atoms with Crippen molar-refractivity contribution in [3.8, 4) is 0 Å². The molecule has 0 spiro atoms. The Bertz CT molecular complexity index is 1160. The normalized spacial score (nSPS) is 13.3. The number of benzene rings is 2. The van der Waals surface area contributed by atoms with Gasteiger partial charge in [0, 0.05) is 28.9 Å². The summed E-state index contributed by atoms with van der Waals surface area (Å²) in [7, 11) is 0. The van der Waals surface area contributed by atoms with Gasteiger partial charge in [-0.1, -0.05) is 61.7 Å². The minimum atomic E-state index is -5.96. The van der Waals surface area contributed by atoms with Crippen molar-refractivity contribution < 1.29 is 76.0 Å². The number of hydrogen-bond acceptors (Lipinski definition) is 3. The van der Waals surface area contributed by atoms with Gasteiger partial charge in [-0.2, -0.15) is 52.7 Å². The summed E-state index contributed by atoms with van der Waals surface area (Å²) in [5.74, 6) is -2.01. The van der Waals surface area contributed by atoms with Crippen LogP contribution in [0.5, 0.6) is 0 Å². The van der Waals surface area contributed by atoms with Crippen molar-refractivity contribution in [3.63, 3.8) is 0 Å². The number of hydrogen-bond donors (Lipinski definition) is 1. The van der Waals surface area contributed by atoms with Crippen LogP contribution in [0, 0.1) is 0 Å².